The normalized spacial score (nSPS) is 24.1. The molecule has 14 heteroatoms. The zero-order valence-corrected chi connectivity index (χ0v) is 35.1. The van der Waals surface area contributed by atoms with Gasteiger partial charge in [0, 0.05) is 74.4 Å². The Hall–Kier alpha value is -5.81. The van der Waals surface area contributed by atoms with Gasteiger partial charge in [0.25, 0.3) is 17.7 Å². The number of carbonyl (C=O) groups is 5. The first kappa shape index (κ1) is 40.9. The molecular formula is C46H54N8O6. The molecule has 0 bridgehead atoms. The lowest BCUT2D eigenvalue weighted by Gasteiger charge is -2.63. The molecular weight excluding hydrogens is 761 g/mol. The van der Waals surface area contributed by atoms with E-state index in [0.717, 1.165) is 92.8 Å². The average molecular weight is 815 g/mol. The summed E-state index contributed by atoms with van der Waals surface area (Å²) in [6, 6.07) is 15.8. The lowest BCUT2D eigenvalue weighted by atomic mass is 9.49. The second-order valence-electron chi connectivity index (χ2n) is 18.3. The number of piperazine rings is 1. The van der Waals surface area contributed by atoms with Crippen LogP contribution in [0.3, 0.4) is 0 Å². The van der Waals surface area contributed by atoms with E-state index in [1.54, 1.807) is 24.4 Å². The Morgan fingerprint density at radius 1 is 0.883 bits per heavy atom. The van der Waals surface area contributed by atoms with Crippen LogP contribution in [0.5, 0.6) is 5.75 Å². The monoisotopic (exact) mass is 814 g/mol. The molecule has 1 atom stereocenters. The van der Waals surface area contributed by atoms with Crippen molar-refractivity contribution in [3.8, 4) is 11.8 Å². The fourth-order valence-electron chi connectivity index (χ4n) is 10.4. The van der Waals surface area contributed by atoms with Crippen LogP contribution < -0.4 is 25.2 Å². The number of pyridine rings is 1. The number of aromatic nitrogens is 1. The van der Waals surface area contributed by atoms with Crippen LogP contribution >= 0.6 is 0 Å². The third kappa shape index (κ3) is 7.59. The summed E-state index contributed by atoms with van der Waals surface area (Å²) >= 11 is 0. The molecule has 14 nitrogen and oxygen atoms in total. The molecule has 0 radical (unpaired) electrons. The van der Waals surface area contributed by atoms with Gasteiger partial charge in [-0.15, -0.1) is 0 Å². The van der Waals surface area contributed by atoms with Crippen molar-refractivity contribution in [2.24, 2.45) is 16.7 Å². The molecule has 1 aliphatic carbocycles. The molecule has 3 saturated heterocycles. The molecule has 0 spiro atoms. The van der Waals surface area contributed by atoms with Gasteiger partial charge in [0.2, 0.25) is 11.8 Å². The number of hydrogen-bond acceptors (Lipinski definition) is 11. The van der Waals surface area contributed by atoms with Crippen molar-refractivity contribution in [2.75, 3.05) is 55.6 Å². The highest BCUT2D eigenvalue weighted by molar-refractivity contribution is 6.23. The highest BCUT2D eigenvalue weighted by Crippen LogP contribution is 2.55. The summed E-state index contributed by atoms with van der Waals surface area (Å²) in [5, 5.41) is 14.8. The smallest absolute Gasteiger partial charge is 0.262 e. The summed E-state index contributed by atoms with van der Waals surface area (Å²) in [6.45, 7) is 16.6. The number of nitriles is 1. The van der Waals surface area contributed by atoms with E-state index < -0.39 is 29.7 Å². The lowest BCUT2D eigenvalue weighted by Crippen LogP contribution is -2.74. The first-order valence-electron chi connectivity index (χ1n) is 21.2. The highest BCUT2D eigenvalue weighted by atomic mass is 16.5. The van der Waals surface area contributed by atoms with Crippen LogP contribution in [0.15, 0.2) is 54.7 Å². The van der Waals surface area contributed by atoms with Gasteiger partial charge in [-0.1, -0.05) is 27.7 Å². The van der Waals surface area contributed by atoms with E-state index >= 15 is 0 Å². The van der Waals surface area contributed by atoms with Gasteiger partial charge in [0.05, 0.1) is 28.3 Å². The van der Waals surface area contributed by atoms with Gasteiger partial charge < -0.3 is 19.9 Å². The number of rotatable bonds is 10. The number of carbonyl (C=O) groups excluding carboxylic acids is 5. The third-order valence-corrected chi connectivity index (χ3v) is 13.7. The van der Waals surface area contributed by atoms with Crippen molar-refractivity contribution in [2.45, 2.75) is 84.9 Å². The van der Waals surface area contributed by atoms with Gasteiger partial charge in [-0.2, -0.15) is 5.26 Å². The molecule has 1 saturated carbocycles. The number of nitrogens with zero attached hydrogens (tertiary/aromatic N) is 6. The summed E-state index contributed by atoms with van der Waals surface area (Å²) in [5.74, 6) is 0.115. The fraction of sp³-hybridized carbons (Fsp3) is 0.500. The second kappa shape index (κ2) is 16.0. The molecule has 5 heterocycles. The molecule has 5 amide bonds. The zero-order chi connectivity index (χ0) is 42.5. The maximum absolute atomic E-state index is 13.5. The maximum Gasteiger partial charge on any atom is 0.262 e. The number of hydrogen-bond donors (Lipinski definition) is 2. The van der Waals surface area contributed by atoms with E-state index in [1.165, 1.54) is 0 Å². The van der Waals surface area contributed by atoms with Gasteiger partial charge in [-0.05, 0) is 99.2 Å². The van der Waals surface area contributed by atoms with Crippen molar-refractivity contribution < 1.29 is 28.7 Å². The van der Waals surface area contributed by atoms with Crippen molar-refractivity contribution in [1.82, 2.24) is 25.4 Å². The fourth-order valence-corrected chi connectivity index (χ4v) is 10.4. The summed E-state index contributed by atoms with van der Waals surface area (Å²) in [4.78, 5) is 76.8. The van der Waals surface area contributed by atoms with E-state index in [-0.39, 0.29) is 41.7 Å². The SMILES string of the molecule is Cc1cc(O[C@H]2C(C)(C)[C@H](NC(=O)c3ccc(N4CCC(CCN5CCN(c6ccc7c(c6)C(=O)N(C6CCC(=O)NC6=O)C7=O)CC5)CC4)nc3)C2(C)C)ccc1C#N. The largest absolute Gasteiger partial charge is 0.489 e. The number of ether oxygens (including phenoxy) is 1. The van der Waals surface area contributed by atoms with E-state index in [0.29, 0.717) is 28.2 Å². The van der Waals surface area contributed by atoms with Crippen molar-refractivity contribution >= 4 is 41.0 Å². The molecule has 4 aliphatic heterocycles. The summed E-state index contributed by atoms with van der Waals surface area (Å²) in [7, 11) is 0. The predicted octanol–water partition coefficient (Wildman–Crippen LogP) is 4.70. The number of piperidine rings is 2. The minimum atomic E-state index is -0.972. The van der Waals surface area contributed by atoms with E-state index in [9.17, 15) is 29.2 Å². The van der Waals surface area contributed by atoms with Gasteiger partial charge in [-0.25, -0.2) is 4.98 Å². The minimum Gasteiger partial charge on any atom is -0.489 e. The molecule has 314 valence electrons. The molecule has 8 rings (SSSR count). The number of fused-ring (bicyclic) bond motifs is 1. The summed E-state index contributed by atoms with van der Waals surface area (Å²) < 4.78 is 6.46. The Kier molecular flexibility index (Phi) is 10.9. The topological polar surface area (TPSA) is 168 Å². The zero-order valence-electron chi connectivity index (χ0n) is 35.1. The number of nitrogens with one attached hydrogen (secondary N) is 2. The van der Waals surface area contributed by atoms with Gasteiger partial charge in [-0.3, -0.25) is 39.1 Å². The van der Waals surface area contributed by atoms with Crippen LogP contribution in [0.25, 0.3) is 0 Å². The number of amides is 5. The van der Waals surface area contributed by atoms with Crippen LogP contribution in [0, 0.1) is 35.0 Å². The molecule has 5 aliphatic rings. The lowest BCUT2D eigenvalue weighted by molar-refractivity contribution is -0.164. The third-order valence-electron chi connectivity index (χ3n) is 13.7. The first-order chi connectivity index (χ1) is 28.6. The molecule has 3 aromatic rings. The van der Waals surface area contributed by atoms with Gasteiger partial charge >= 0.3 is 0 Å². The Balaban J connectivity index is 0.769. The maximum atomic E-state index is 13.5. The number of aryl methyl sites for hydroxylation is 1. The van der Waals surface area contributed by atoms with Crippen LogP contribution in [0.2, 0.25) is 0 Å². The predicted molar refractivity (Wildman–Crippen MR) is 225 cm³/mol. The Bertz CT molecular complexity index is 2230. The molecule has 60 heavy (non-hydrogen) atoms. The molecule has 2 N–H and O–H groups in total. The standard InChI is InChI=1S/C46H54N8O6/c1-28-24-33(9-6-30(28)26-47)60-44-45(2,3)43(46(44,4)5)50-39(56)31-7-12-37(48-27-31)53-18-15-29(16-19-53)14-17-51-20-22-52(23-21-51)32-8-10-34-35(25-32)42(59)54(41(34)58)36-11-13-38(55)49-40(36)57/h6-10,12,24-25,27,29,36,43-44H,11,13-23H2,1-5H3,(H,50,56)(H,49,55,57)/t36?,43-,44-. The van der Waals surface area contributed by atoms with Gasteiger partial charge in [0.1, 0.15) is 23.7 Å². The average Bonchev–Trinajstić information content (AvgIpc) is 3.49. The molecule has 2 aromatic carbocycles. The summed E-state index contributed by atoms with van der Waals surface area (Å²) in [6.07, 6.45) is 5.06. The molecule has 1 unspecified atom stereocenters. The number of imide groups is 2. The van der Waals surface area contributed by atoms with Crippen LogP contribution in [-0.2, 0) is 9.59 Å². The number of anilines is 2. The van der Waals surface area contributed by atoms with E-state index in [1.807, 2.05) is 37.3 Å². The Labute approximate surface area is 351 Å². The summed E-state index contributed by atoms with van der Waals surface area (Å²) in [5.41, 5.74) is 2.87. The van der Waals surface area contributed by atoms with Crippen LogP contribution in [0.1, 0.15) is 102 Å². The van der Waals surface area contributed by atoms with Gasteiger partial charge in [0.15, 0.2) is 0 Å². The number of benzene rings is 2. The molecule has 4 fully saturated rings. The highest BCUT2D eigenvalue weighted by Gasteiger charge is 2.64. The van der Waals surface area contributed by atoms with E-state index in [2.05, 4.69) is 59.1 Å². The van der Waals surface area contributed by atoms with Crippen molar-refractivity contribution in [3.63, 3.8) is 0 Å². The minimum absolute atomic E-state index is 0.0923. The van der Waals surface area contributed by atoms with Crippen LogP contribution in [-0.4, -0.2) is 108 Å². The van der Waals surface area contributed by atoms with Crippen LogP contribution in [0.4, 0.5) is 11.5 Å². The van der Waals surface area contributed by atoms with Crippen molar-refractivity contribution in [3.05, 3.63) is 82.5 Å². The van der Waals surface area contributed by atoms with Crippen molar-refractivity contribution in [1.29, 1.82) is 5.26 Å². The van der Waals surface area contributed by atoms with E-state index in [4.69, 9.17) is 9.72 Å². The quantitative estimate of drug-likeness (QED) is 0.272. The Morgan fingerprint density at radius 3 is 2.25 bits per heavy atom. The first-order valence-corrected chi connectivity index (χ1v) is 21.2. The Morgan fingerprint density at radius 2 is 1.60 bits per heavy atom. The molecule has 1 aromatic heterocycles. The second-order valence-corrected chi connectivity index (χ2v) is 18.3.